The highest BCUT2D eigenvalue weighted by Crippen LogP contribution is 2.21. The van der Waals surface area contributed by atoms with Crippen LogP contribution in [-0.2, 0) is 17.8 Å². The van der Waals surface area contributed by atoms with Gasteiger partial charge in [-0.15, -0.1) is 11.3 Å². The quantitative estimate of drug-likeness (QED) is 0.490. The molecule has 0 aliphatic rings. The molecule has 0 atom stereocenters. The maximum atomic E-state index is 11.9. The number of aryl methyl sites for hydroxylation is 3. The number of carbonyl (C=O) groups excluding carboxylic acids is 1. The molecule has 0 fully saturated rings. The van der Waals surface area contributed by atoms with Crippen LogP contribution in [0.2, 0.25) is 0 Å². The molecule has 0 saturated carbocycles. The second-order valence-electron chi connectivity index (χ2n) is 5.91. The summed E-state index contributed by atoms with van der Waals surface area (Å²) in [5, 5.41) is 8.62. The Morgan fingerprint density at radius 3 is 2.67 bits per heavy atom. The van der Waals surface area contributed by atoms with Gasteiger partial charge in [-0.25, -0.2) is 4.98 Å². The largest absolute Gasteiger partial charge is 0.481 e. The van der Waals surface area contributed by atoms with Gasteiger partial charge in [-0.2, -0.15) is 0 Å². The van der Waals surface area contributed by atoms with Gasteiger partial charge in [0.1, 0.15) is 5.82 Å². The van der Waals surface area contributed by atoms with E-state index >= 15 is 0 Å². The summed E-state index contributed by atoms with van der Waals surface area (Å²) in [6.45, 7) is 3.04. The average molecular weight is 348 g/mol. The van der Waals surface area contributed by atoms with Crippen LogP contribution in [0.1, 0.15) is 58.9 Å². The van der Waals surface area contributed by atoms with E-state index in [1.165, 1.54) is 29.1 Å². The molecule has 0 amide bonds. The average Bonchev–Trinajstić information content (AvgIpc) is 3.18. The van der Waals surface area contributed by atoms with E-state index in [0.29, 0.717) is 4.88 Å². The van der Waals surface area contributed by atoms with Crippen molar-refractivity contribution in [1.29, 1.82) is 0 Å². The van der Waals surface area contributed by atoms with Crippen LogP contribution >= 0.6 is 11.3 Å². The Hall–Kier alpha value is -1.95. The van der Waals surface area contributed by atoms with E-state index in [-0.39, 0.29) is 18.6 Å². The van der Waals surface area contributed by atoms with Crippen molar-refractivity contribution >= 4 is 23.1 Å². The van der Waals surface area contributed by atoms with Crippen LogP contribution in [-0.4, -0.2) is 26.4 Å². The summed E-state index contributed by atoms with van der Waals surface area (Å²) in [5.74, 6) is 0.0732. The molecule has 0 aliphatic heterocycles. The van der Waals surface area contributed by atoms with Crippen LogP contribution in [0, 0.1) is 6.92 Å². The number of aliphatic carboxylic acids is 1. The summed E-state index contributed by atoms with van der Waals surface area (Å²) in [7, 11) is 0. The predicted molar refractivity (Wildman–Crippen MR) is 94.7 cm³/mol. The van der Waals surface area contributed by atoms with E-state index < -0.39 is 5.97 Å². The summed E-state index contributed by atoms with van der Waals surface area (Å²) >= 11 is 1.50. The summed E-state index contributed by atoms with van der Waals surface area (Å²) < 4.78 is 2.17. The van der Waals surface area contributed by atoms with Crippen LogP contribution in [0.4, 0.5) is 0 Å². The Bertz CT molecular complexity index is 675. The number of Topliss-reactive ketones (excluding diaryl/α,β-unsaturated/α-hetero) is 1. The number of hydrogen-bond acceptors (Lipinski definition) is 4. The Morgan fingerprint density at radius 2 is 1.96 bits per heavy atom. The number of thiophene rings is 1. The smallest absolute Gasteiger partial charge is 0.303 e. The van der Waals surface area contributed by atoms with Gasteiger partial charge in [0.15, 0.2) is 5.78 Å². The van der Waals surface area contributed by atoms with Crippen LogP contribution in [0.3, 0.4) is 0 Å². The summed E-state index contributed by atoms with van der Waals surface area (Å²) in [5.41, 5.74) is 0. The lowest BCUT2D eigenvalue weighted by Crippen LogP contribution is -2.01. The van der Waals surface area contributed by atoms with Gasteiger partial charge in [0.2, 0.25) is 0 Å². The molecule has 5 nitrogen and oxygen atoms in total. The fourth-order valence-corrected chi connectivity index (χ4v) is 3.60. The third-order valence-corrected chi connectivity index (χ3v) is 5.18. The molecule has 1 N–H and O–H groups in total. The highest BCUT2D eigenvalue weighted by Gasteiger charge is 2.11. The Labute approximate surface area is 146 Å². The molecule has 2 heterocycles. The van der Waals surface area contributed by atoms with Gasteiger partial charge in [-0.05, 0) is 38.3 Å². The fourth-order valence-electron chi connectivity index (χ4n) is 2.58. The maximum Gasteiger partial charge on any atom is 0.303 e. The zero-order valence-corrected chi connectivity index (χ0v) is 14.8. The first-order chi connectivity index (χ1) is 11.6. The molecular formula is C18H24N2O3S. The zero-order valence-electron chi connectivity index (χ0n) is 14.0. The molecule has 6 heteroatoms. The number of imidazole rings is 1. The Morgan fingerprint density at radius 1 is 1.17 bits per heavy atom. The molecule has 0 aliphatic carbocycles. The van der Waals surface area contributed by atoms with Crippen molar-refractivity contribution in [2.24, 2.45) is 0 Å². The van der Waals surface area contributed by atoms with E-state index in [4.69, 9.17) is 5.11 Å². The minimum absolute atomic E-state index is 0.0654. The highest BCUT2D eigenvalue weighted by molar-refractivity contribution is 7.14. The van der Waals surface area contributed by atoms with Gasteiger partial charge in [-0.1, -0.05) is 12.8 Å². The summed E-state index contributed by atoms with van der Waals surface area (Å²) in [6.07, 6.45) is 9.46. The van der Waals surface area contributed by atoms with Crippen molar-refractivity contribution in [2.75, 3.05) is 0 Å². The second kappa shape index (κ2) is 9.37. The standard InChI is InChI=1S/C18H24N2O3S/c1-14-19-11-13-20(14)12-5-3-2-4-6-15-7-9-17(24-15)16(21)8-10-18(22)23/h7,9,11,13H,2-6,8,10,12H2,1H3,(H,22,23). The topological polar surface area (TPSA) is 72.2 Å². The van der Waals surface area contributed by atoms with Crippen LogP contribution in [0.15, 0.2) is 24.5 Å². The molecule has 0 aromatic carbocycles. The maximum absolute atomic E-state index is 11.9. The van der Waals surface area contributed by atoms with Gasteiger partial charge in [0.05, 0.1) is 11.3 Å². The van der Waals surface area contributed by atoms with Gasteiger partial charge in [-0.3, -0.25) is 9.59 Å². The first-order valence-corrected chi connectivity index (χ1v) is 9.19. The van der Waals surface area contributed by atoms with Crippen molar-refractivity contribution in [3.05, 3.63) is 40.1 Å². The van der Waals surface area contributed by atoms with E-state index in [9.17, 15) is 9.59 Å². The van der Waals surface area contributed by atoms with E-state index in [1.807, 2.05) is 31.5 Å². The molecular weight excluding hydrogens is 324 g/mol. The third kappa shape index (κ3) is 5.92. The van der Waals surface area contributed by atoms with Gasteiger partial charge in [0, 0.05) is 30.2 Å². The Balaban J connectivity index is 1.62. The first-order valence-electron chi connectivity index (χ1n) is 8.37. The van der Waals surface area contributed by atoms with Gasteiger partial charge in [0.25, 0.3) is 0 Å². The first kappa shape index (κ1) is 18.4. The van der Waals surface area contributed by atoms with Crippen molar-refractivity contribution in [3.8, 4) is 0 Å². The zero-order chi connectivity index (χ0) is 17.4. The number of aromatic nitrogens is 2. The number of carbonyl (C=O) groups is 2. The van der Waals surface area contributed by atoms with Crippen LogP contribution in [0.5, 0.6) is 0 Å². The number of unbranched alkanes of at least 4 members (excludes halogenated alkanes) is 3. The monoisotopic (exact) mass is 348 g/mol. The number of ketones is 1. The lowest BCUT2D eigenvalue weighted by atomic mass is 10.1. The number of hydrogen-bond donors (Lipinski definition) is 1. The number of nitrogens with zero attached hydrogens (tertiary/aromatic N) is 2. The lowest BCUT2D eigenvalue weighted by molar-refractivity contribution is -0.136. The van der Waals surface area contributed by atoms with Gasteiger partial charge >= 0.3 is 5.97 Å². The normalized spacial score (nSPS) is 10.9. The molecule has 0 bridgehead atoms. The minimum Gasteiger partial charge on any atom is -0.481 e. The molecule has 24 heavy (non-hydrogen) atoms. The molecule has 2 rings (SSSR count). The molecule has 0 saturated heterocycles. The summed E-state index contributed by atoms with van der Waals surface area (Å²) in [6, 6.07) is 3.82. The second-order valence-corrected chi connectivity index (χ2v) is 7.08. The van der Waals surface area contributed by atoms with Crippen molar-refractivity contribution < 1.29 is 14.7 Å². The van der Waals surface area contributed by atoms with E-state index in [0.717, 1.165) is 31.6 Å². The molecule has 130 valence electrons. The Kier molecular flexibility index (Phi) is 7.18. The van der Waals surface area contributed by atoms with E-state index in [2.05, 4.69) is 9.55 Å². The molecule has 0 unspecified atom stereocenters. The molecule has 2 aromatic heterocycles. The van der Waals surface area contributed by atoms with Gasteiger partial charge < -0.3 is 9.67 Å². The fraction of sp³-hybridized carbons (Fsp3) is 0.500. The number of rotatable bonds is 11. The number of carboxylic acid groups (broad SMARTS) is 1. The SMILES string of the molecule is Cc1nccn1CCCCCCc1ccc(C(=O)CCC(=O)O)s1. The van der Waals surface area contributed by atoms with E-state index in [1.54, 1.807) is 0 Å². The molecule has 0 radical (unpaired) electrons. The van der Waals surface area contributed by atoms with Crippen molar-refractivity contribution in [2.45, 2.75) is 58.4 Å². The summed E-state index contributed by atoms with van der Waals surface area (Å²) in [4.78, 5) is 28.5. The lowest BCUT2D eigenvalue weighted by Gasteiger charge is -2.04. The minimum atomic E-state index is -0.925. The highest BCUT2D eigenvalue weighted by atomic mass is 32.1. The van der Waals surface area contributed by atoms with Crippen molar-refractivity contribution in [1.82, 2.24) is 9.55 Å². The third-order valence-electron chi connectivity index (χ3n) is 4.00. The van der Waals surface area contributed by atoms with Crippen molar-refractivity contribution in [3.63, 3.8) is 0 Å². The molecule has 0 spiro atoms. The van der Waals surface area contributed by atoms with Crippen LogP contribution < -0.4 is 0 Å². The molecule has 2 aromatic rings. The van der Waals surface area contributed by atoms with Crippen LogP contribution in [0.25, 0.3) is 0 Å². The number of carboxylic acids is 1. The predicted octanol–water partition coefficient (Wildman–Crippen LogP) is 4.10.